The molecule has 4 nitrogen and oxygen atoms in total. The van der Waals surface area contributed by atoms with E-state index in [1.54, 1.807) is 6.20 Å². The average Bonchev–Trinajstić information content (AvgIpc) is 2.71. The highest BCUT2D eigenvalue weighted by molar-refractivity contribution is 5.03. The second kappa shape index (κ2) is 5.65. The molecule has 0 spiro atoms. The van der Waals surface area contributed by atoms with Crippen molar-refractivity contribution in [2.24, 2.45) is 11.1 Å². The molecule has 0 aliphatic heterocycles. The van der Waals surface area contributed by atoms with Crippen LogP contribution in [-0.4, -0.2) is 22.3 Å². The molecule has 0 fully saturated rings. The van der Waals surface area contributed by atoms with Gasteiger partial charge in [-0.15, -0.1) is 0 Å². The van der Waals surface area contributed by atoms with Crippen LogP contribution in [0, 0.1) is 5.41 Å². The van der Waals surface area contributed by atoms with E-state index < -0.39 is 0 Å². The molecule has 17 heavy (non-hydrogen) atoms. The van der Waals surface area contributed by atoms with Gasteiger partial charge >= 0.3 is 0 Å². The van der Waals surface area contributed by atoms with Gasteiger partial charge in [-0.05, 0) is 19.3 Å². The third-order valence-electron chi connectivity index (χ3n) is 2.91. The molecule has 0 bridgehead atoms. The summed E-state index contributed by atoms with van der Waals surface area (Å²) in [5, 5.41) is 0. The number of aryl methyl sites for hydroxylation is 1. The zero-order chi connectivity index (χ0) is 13.1. The minimum atomic E-state index is -0.190. The maximum atomic E-state index is 6.32. The van der Waals surface area contributed by atoms with Crippen molar-refractivity contribution in [1.29, 1.82) is 0 Å². The van der Waals surface area contributed by atoms with Crippen LogP contribution in [0.3, 0.4) is 0 Å². The van der Waals surface area contributed by atoms with Crippen LogP contribution in [0.2, 0.25) is 0 Å². The Morgan fingerprint density at radius 1 is 1.41 bits per heavy atom. The molecule has 2 N–H and O–H groups in total. The Morgan fingerprint density at radius 3 is 2.53 bits per heavy atom. The fourth-order valence-corrected chi connectivity index (χ4v) is 2.09. The van der Waals surface area contributed by atoms with Gasteiger partial charge in [-0.2, -0.15) is 0 Å². The van der Waals surface area contributed by atoms with Crippen molar-refractivity contribution in [1.82, 2.24) is 9.55 Å². The summed E-state index contributed by atoms with van der Waals surface area (Å²) in [6.07, 6.45) is 3.73. The Balaban J connectivity index is 2.95. The Morgan fingerprint density at radius 2 is 2.06 bits per heavy atom. The van der Waals surface area contributed by atoms with E-state index >= 15 is 0 Å². The second-order valence-corrected chi connectivity index (χ2v) is 5.34. The molecule has 1 heterocycles. The van der Waals surface area contributed by atoms with Crippen molar-refractivity contribution in [3.63, 3.8) is 0 Å². The molecule has 0 radical (unpaired) electrons. The Hall–Kier alpha value is -0.870. The van der Waals surface area contributed by atoms with Crippen molar-refractivity contribution < 1.29 is 4.74 Å². The van der Waals surface area contributed by atoms with Crippen LogP contribution < -0.4 is 5.73 Å². The van der Waals surface area contributed by atoms with E-state index in [4.69, 9.17) is 10.5 Å². The average molecular weight is 239 g/mol. The molecule has 0 saturated carbocycles. The fraction of sp³-hybridized carbons (Fsp3) is 0.769. The highest BCUT2D eigenvalue weighted by atomic mass is 16.5. The number of ether oxygens (including phenoxy) is 1. The molecule has 1 aromatic heterocycles. The monoisotopic (exact) mass is 239 g/mol. The molecule has 2 unspecified atom stereocenters. The van der Waals surface area contributed by atoms with Crippen LogP contribution in [0.1, 0.15) is 46.5 Å². The van der Waals surface area contributed by atoms with Gasteiger partial charge in [-0.1, -0.05) is 20.8 Å². The third kappa shape index (κ3) is 3.30. The number of nitrogens with two attached hydrogens (primary N) is 1. The quantitative estimate of drug-likeness (QED) is 0.858. The summed E-state index contributed by atoms with van der Waals surface area (Å²) in [5.41, 5.74) is 6.32. The molecule has 0 aromatic carbocycles. The van der Waals surface area contributed by atoms with Crippen LogP contribution in [0.15, 0.2) is 12.4 Å². The summed E-state index contributed by atoms with van der Waals surface area (Å²) in [6.45, 7) is 12.1. The van der Waals surface area contributed by atoms with E-state index in [1.165, 1.54) is 0 Å². The van der Waals surface area contributed by atoms with Gasteiger partial charge in [0.25, 0.3) is 0 Å². The SMILES string of the molecule is CCOC(C(N)c1nccn1CC)C(C)(C)C. The molecule has 0 aliphatic rings. The lowest BCUT2D eigenvalue weighted by Crippen LogP contribution is -2.40. The van der Waals surface area contributed by atoms with Gasteiger partial charge in [0.05, 0.1) is 12.1 Å². The minimum Gasteiger partial charge on any atom is -0.376 e. The standard InChI is InChI=1S/C13H25N3O/c1-6-16-9-8-15-12(16)10(14)11(17-7-2)13(3,4)5/h8-11H,6-7,14H2,1-5H3. The number of hydrogen-bond donors (Lipinski definition) is 1. The van der Waals surface area contributed by atoms with E-state index in [1.807, 2.05) is 13.1 Å². The van der Waals surface area contributed by atoms with Crippen molar-refractivity contribution in [3.05, 3.63) is 18.2 Å². The zero-order valence-electron chi connectivity index (χ0n) is 11.6. The highest BCUT2D eigenvalue weighted by Gasteiger charge is 2.33. The van der Waals surface area contributed by atoms with Crippen molar-refractivity contribution in [3.8, 4) is 0 Å². The van der Waals surface area contributed by atoms with Gasteiger partial charge < -0.3 is 15.0 Å². The molecule has 0 aliphatic carbocycles. The Bertz CT molecular complexity index is 341. The largest absolute Gasteiger partial charge is 0.376 e. The number of aromatic nitrogens is 2. The Labute approximate surface area is 104 Å². The molecule has 0 saturated heterocycles. The highest BCUT2D eigenvalue weighted by Crippen LogP contribution is 2.30. The molecule has 0 amide bonds. The van der Waals surface area contributed by atoms with Gasteiger partial charge in [-0.3, -0.25) is 0 Å². The van der Waals surface area contributed by atoms with E-state index in [0.29, 0.717) is 6.61 Å². The van der Waals surface area contributed by atoms with Crippen molar-refractivity contribution in [2.75, 3.05) is 6.61 Å². The first kappa shape index (κ1) is 14.2. The summed E-state index contributed by atoms with van der Waals surface area (Å²) in [4.78, 5) is 4.36. The normalized spacial score (nSPS) is 15.9. The molecular formula is C13H25N3O. The van der Waals surface area contributed by atoms with Gasteiger partial charge in [0.2, 0.25) is 0 Å². The van der Waals surface area contributed by atoms with Crippen LogP contribution >= 0.6 is 0 Å². The first-order valence-electron chi connectivity index (χ1n) is 6.30. The van der Waals surface area contributed by atoms with Gasteiger partial charge in [0.1, 0.15) is 5.82 Å². The van der Waals surface area contributed by atoms with E-state index in [0.717, 1.165) is 12.4 Å². The van der Waals surface area contributed by atoms with Crippen molar-refractivity contribution >= 4 is 0 Å². The number of rotatable bonds is 5. The maximum Gasteiger partial charge on any atom is 0.128 e. The minimum absolute atomic E-state index is 0.0000515. The van der Waals surface area contributed by atoms with E-state index in [9.17, 15) is 0 Å². The zero-order valence-corrected chi connectivity index (χ0v) is 11.6. The van der Waals surface area contributed by atoms with Crippen molar-refractivity contribution in [2.45, 2.75) is 53.3 Å². The number of hydrogen-bond acceptors (Lipinski definition) is 3. The number of nitrogens with zero attached hydrogens (tertiary/aromatic N) is 2. The van der Waals surface area contributed by atoms with Gasteiger partial charge in [0, 0.05) is 25.5 Å². The van der Waals surface area contributed by atoms with Gasteiger partial charge in [-0.25, -0.2) is 4.98 Å². The first-order chi connectivity index (χ1) is 7.91. The van der Waals surface area contributed by atoms with E-state index in [-0.39, 0.29) is 17.6 Å². The molecular weight excluding hydrogens is 214 g/mol. The summed E-state index contributed by atoms with van der Waals surface area (Å²) in [6, 6.07) is -0.190. The molecule has 1 rings (SSSR count). The topological polar surface area (TPSA) is 53.1 Å². The van der Waals surface area contributed by atoms with E-state index in [2.05, 4.69) is 37.2 Å². The van der Waals surface area contributed by atoms with Crippen LogP contribution in [0.25, 0.3) is 0 Å². The predicted octanol–water partition coefficient (Wildman–Crippen LogP) is 2.35. The van der Waals surface area contributed by atoms with Crippen LogP contribution in [0.5, 0.6) is 0 Å². The summed E-state index contributed by atoms with van der Waals surface area (Å²) in [7, 11) is 0. The predicted molar refractivity (Wildman–Crippen MR) is 69.7 cm³/mol. The maximum absolute atomic E-state index is 6.32. The molecule has 1 aromatic rings. The summed E-state index contributed by atoms with van der Waals surface area (Å²) < 4.78 is 7.89. The molecule has 98 valence electrons. The summed E-state index contributed by atoms with van der Waals surface area (Å²) in [5.74, 6) is 0.904. The second-order valence-electron chi connectivity index (χ2n) is 5.34. The lowest BCUT2D eigenvalue weighted by Gasteiger charge is -2.34. The lowest BCUT2D eigenvalue weighted by molar-refractivity contribution is -0.0305. The first-order valence-corrected chi connectivity index (χ1v) is 6.30. The lowest BCUT2D eigenvalue weighted by atomic mass is 9.84. The summed E-state index contributed by atoms with van der Waals surface area (Å²) >= 11 is 0. The van der Waals surface area contributed by atoms with Gasteiger partial charge in [0.15, 0.2) is 0 Å². The Kier molecular flexibility index (Phi) is 4.71. The number of imidazole rings is 1. The van der Waals surface area contributed by atoms with Crippen LogP contribution in [-0.2, 0) is 11.3 Å². The van der Waals surface area contributed by atoms with Crippen LogP contribution in [0.4, 0.5) is 0 Å². The smallest absolute Gasteiger partial charge is 0.128 e. The molecule has 4 heteroatoms. The third-order valence-corrected chi connectivity index (χ3v) is 2.91. The molecule has 2 atom stereocenters. The fourth-order valence-electron chi connectivity index (χ4n) is 2.09.